The third-order valence-corrected chi connectivity index (χ3v) is 1.05. The van der Waals surface area contributed by atoms with E-state index in [1.165, 1.54) is 0 Å². The molecule has 0 aromatic carbocycles. The van der Waals surface area contributed by atoms with Gasteiger partial charge in [-0.05, 0) is 19.3 Å². The predicted molar refractivity (Wildman–Crippen MR) is 34.2 cm³/mol. The zero-order valence-corrected chi connectivity index (χ0v) is 5.81. The van der Waals surface area contributed by atoms with Crippen LogP contribution in [0.1, 0.15) is 27.2 Å². The third-order valence-electron chi connectivity index (χ3n) is 1.05. The van der Waals surface area contributed by atoms with Crippen LogP contribution < -0.4 is 0 Å². The van der Waals surface area contributed by atoms with Gasteiger partial charge in [0.15, 0.2) is 0 Å². The van der Waals surface area contributed by atoms with Crippen LogP contribution in [-0.2, 0) is 0 Å². The standard InChI is InChI=1S/C7H13N/c1-6(2)4-7(3)5-8/h6-7H,4H2,1-3H3. The van der Waals surface area contributed by atoms with Gasteiger partial charge in [-0.25, -0.2) is 0 Å². The monoisotopic (exact) mass is 111 g/mol. The second-order valence-electron chi connectivity index (χ2n) is 2.66. The molecule has 8 heavy (non-hydrogen) atoms. The summed E-state index contributed by atoms with van der Waals surface area (Å²) in [4.78, 5) is 0. The van der Waals surface area contributed by atoms with Gasteiger partial charge >= 0.3 is 0 Å². The summed E-state index contributed by atoms with van der Waals surface area (Å²) < 4.78 is 0. The van der Waals surface area contributed by atoms with Crippen LogP contribution in [0.15, 0.2) is 0 Å². The molecule has 0 saturated heterocycles. The second kappa shape index (κ2) is 3.49. The van der Waals surface area contributed by atoms with Crippen LogP contribution in [0.4, 0.5) is 0 Å². The lowest BCUT2D eigenvalue weighted by atomic mass is 10.0. The maximum Gasteiger partial charge on any atom is 0.0652 e. The number of nitrogens with zero attached hydrogens (tertiary/aromatic N) is 1. The Morgan fingerprint density at radius 1 is 1.38 bits per heavy atom. The summed E-state index contributed by atoms with van der Waals surface area (Å²) in [7, 11) is 0. The first-order valence-electron chi connectivity index (χ1n) is 3.06. The van der Waals surface area contributed by atoms with Crippen LogP contribution >= 0.6 is 0 Å². The highest BCUT2D eigenvalue weighted by molar-refractivity contribution is 4.78. The molecule has 1 heteroatoms. The van der Waals surface area contributed by atoms with Gasteiger partial charge in [0.05, 0.1) is 6.07 Å². The second-order valence-corrected chi connectivity index (χ2v) is 2.66. The Labute approximate surface area is 51.3 Å². The molecule has 1 atom stereocenters. The summed E-state index contributed by atoms with van der Waals surface area (Å²) in [6, 6.07) is 2.20. The zero-order valence-electron chi connectivity index (χ0n) is 5.81. The van der Waals surface area contributed by atoms with Crippen molar-refractivity contribution >= 4 is 0 Å². The minimum atomic E-state index is 0.231. The van der Waals surface area contributed by atoms with E-state index >= 15 is 0 Å². The van der Waals surface area contributed by atoms with Gasteiger partial charge in [0.1, 0.15) is 0 Å². The average molecular weight is 111 g/mol. The van der Waals surface area contributed by atoms with Crippen molar-refractivity contribution in [2.24, 2.45) is 11.8 Å². The largest absolute Gasteiger partial charge is 0.198 e. The topological polar surface area (TPSA) is 23.8 Å². The molecule has 0 aliphatic carbocycles. The van der Waals surface area contributed by atoms with E-state index in [1.807, 2.05) is 6.92 Å². The van der Waals surface area contributed by atoms with Crippen molar-refractivity contribution in [2.45, 2.75) is 27.2 Å². The maximum atomic E-state index is 8.33. The normalized spacial score (nSPS) is 13.4. The summed E-state index contributed by atoms with van der Waals surface area (Å²) in [5, 5.41) is 8.33. The molecule has 46 valence electrons. The Morgan fingerprint density at radius 2 is 1.88 bits per heavy atom. The minimum absolute atomic E-state index is 0.231. The molecule has 0 bridgehead atoms. The van der Waals surface area contributed by atoms with Crippen LogP contribution in [-0.4, -0.2) is 0 Å². The van der Waals surface area contributed by atoms with E-state index in [2.05, 4.69) is 19.9 Å². The first-order chi connectivity index (χ1) is 3.66. The van der Waals surface area contributed by atoms with Gasteiger partial charge in [-0.3, -0.25) is 0 Å². The molecule has 0 aromatic heterocycles. The van der Waals surface area contributed by atoms with Crippen LogP contribution in [0.3, 0.4) is 0 Å². The Hall–Kier alpha value is -0.510. The highest BCUT2D eigenvalue weighted by Gasteiger charge is 2.00. The molecule has 0 rings (SSSR count). The highest BCUT2D eigenvalue weighted by atomic mass is 14.3. The van der Waals surface area contributed by atoms with Gasteiger partial charge in [-0.2, -0.15) is 5.26 Å². The smallest absolute Gasteiger partial charge is 0.0652 e. The van der Waals surface area contributed by atoms with E-state index in [9.17, 15) is 0 Å². The van der Waals surface area contributed by atoms with Crippen molar-refractivity contribution in [1.82, 2.24) is 0 Å². The Balaban J connectivity index is 3.28. The minimum Gasteiger partial charge on any atom is -0.198 e. The van der Waals surface area contributed by atoms with Gasteiger partial charge in [0.2, 0.25) is 0 Å². The van der Waals surface area contributed by atoms with Crippen LogP contribution in [0.5, 0.6) is 0 Å². The van der Waals surface area contributed by atoms with E-state index in [-0.39, 0.29) is 5.92 Å². The van der Waals surface area contributed by atoms with E-state index < -0.39 is 0 Å². The third kappa shape index (κ3) is 3.67. The fourth-order valence-corrected chi connectivity index (χ4v) is 0.760. The Morgan fingerprint density at radius 3 is 2.00 bits per heavy atom. The SMILES string of the molecule is CC(C)CC(C)C#N. The Kier molecular flexibility index (Phi) is 3.26. The quantitative estimate of drug-likeness (QED) is 0.536. The summed E-state index contributed by atoms with van der Waals surface area (Å²) in [5.74, 6) is 0.889. The fraction of sp³-hybridized carbons (Fsp3) is 0.857. The number of hydrogen-bond donors (Lipinski definition) is 0. The molecular weight excluding hydrogens is 98.1 g/mol. The van der Waals surface area contributed by atoms with Gasteiger partial charge in [-0.1, -0.05) is 13.8 Å². The van der Waals surface area contributed by atoms with Crippen molar-refractivity contribution in [3.05, 3.63) is 0 Å². The molecule has 0 heterocycles. The molecule has 1 nitrogen and oxygen atoms in total. The van der Waals surface area contributed by atoms with E-state index in [0.717, 1.165) is 6.42 Å². The first kappa shape index (κ1) is 7.49. The lowest BCUT2D eigenvalue weighted by Gasteiger charge is -2.03. The average Bonchev–Trinajstić information content (AvgIpc) is 1.65. The van der Waals surface area contributed by atoms with Crippen molar-refractivity contribution in [3.63, 3.8) is 0 Å². The van der Waals surface area contributed by atoms with Crippen molar-refractivity contribution in [1.29, 1.82) is 5.26 Å². The van der Waals surface area contributed by atoms with Crippen LogP contribution in [0.25, 0.3) is 0 Å². The molecule has 1 unspecified atom stereocenters. The molecular formula is C7H13N. The molecule has 0 fully saturated rings. The Bertz CT molecular complexity index is 89.1. The number of hydrogen-bond acceptors (Lipinski definition) is 1. The zero-order chi connectivity index (χ0) is 6.57. The summed E-state index contributed by atoms with van der Waals surface area (Å²) in [5.41, 5.74) is 0. The molecule has 0 spiro atoms. The fourth-order valence-electron chi connectivity index (χ4n) is 0.760. The van der Waals surface area contributed by atoms with E-state index in [1.54, 1.807) is 0 Å². The summed E-state index contributed by atoms with van der Waals surface area (Å²) >= 11 is 0. The highest BCUT2D eigenvalue weighted by Crippen LogP contribution is 2.08. The summed E-state index contributed by atoms with van der Waals surface area (Å²) in [6.45, 7) is 6.22. The summed E-state index contributed by atoms with van der Waals surface area (Å²) in [6.07, 6.45) is 1.02. The van der Waals surface area contributed by atoms with Crippen molar-refractivity contribution in [2.75, 3.05) is 0 Å². The molecule has 0 aromatic rings. The lowest BCUT2D eigenvalue weighted by Crippen LogP contribution is -1.95. The van der Waals surface area contributed by atoms with Gasteiger partial charge in [-0.15, -0.1) is 0 Å². The van der Waals surface area contributed by atoms with Gasteiger partial charge < -0.3 is 0 Å². The molecule has 0 aliphatic rings. The van der Waals surface area contributed by atoms with Gasteiger partial charge in [0, 0.05) is 5.92 Å². The number of rotatable bonds is 2. The van der Waals surface area contributed by atoms with Crippen molar-refractivity contribution < 1.29 is 0 Å². The first-order valence-corrected chi connectivity index (χ1v) is 3.06. The molecule has 0 N–H and O–H groups in total. The van der Waals surface area contributed by atoms with Crippen LogP contribution in [0, 0.1) is 23.2 Å². The molecule has 0 amide bonds. The van der Waals surface area contributed by atoms with Crippen LogP contribution in [0.2, 0.25) is 0 Å². The van der Waals surface area contributed by atoms with E-state index in [0.29, 0.717) is 5.92 Å². The molecule has 0 saturated carbocycles. The van der Waals surface area contributed by atoms with E-state index in [4.69, 9.17) is 5.26 Å². The lowest BCUT2D eigenvalue weighted by molar-refractivity contribution is 0.510. The van der Waals surface area contributed by atoms with Gasteiger partial charge in [0.25, 0.3) is 0 Å². The molecule has 0 aliphatic heterocycles. The number of nitriles is 1. The van der Waals surface area contributed by atoms with Crippen molar-refractivity contribution in [3.8, 4) is 6.07 Å². The predicted octanol–water partition coefficient (Wildman–Crippen LogP) is 2.19. The maximum absolute atomic E-state index is 8.33. The molecule has 0 radical (unpaired) electrons.